The van der Waals surface area contributed by atoms with Gasteiger partial charge in [0.15, 0.2) is 0 Å². The minimum Gasteiger partial charge on any atom is -0.396 e. The van der Waals surface area contributed by atoms with Crippen LogP contribution in [0.4, 0.5) is 0 Å². The van der Waals surface area contributed by atoms with Crippen molar-refractivity contribution in [2.75, 3.05) is 6.61 Å². The Kier molecular flexibility index (Phi) is 3.27. The van der Waals surface area contributed by atoms with E-state index in [1.54, 1.807) is 0 Å². The molecule has 0 aromatic rings. The van der Waals surface area contributed by atoms with E-state index in [4.69, 9.17) is 5.11 Å². The van der Waals surface area contributed by atoms with Gasteiger partial charge in [0.05, 0.1) is 0 Å². The van der Waals surface area contributed by atoms with E-state index in [-0.39, 0.29) is 18.4 Å². The summed E-state index contributed by atoms with van der Waals surface area (Å²) in [6.07, 6.45) is 2.59. The van der Waals surface area contributed by atoms with Crippen LogP contribution in [0.2, 0.25) is 0 Å². The third-order valence-corrected chi connectivity index (χ3v) is 2.85. The van der Waals surface area contributed by atoms with Crippen molar-refractivity contribution in [2.45, 2.75) is 33.1 Å². The van der Waals surface area contributed by atoms with E-state index in [2.05, 4.69) is 13.8 Å². The van der Waals surface area contributed by atoms with Gasteiger partial charge < -0.3 is 5.11 Å². The molecule has 1 fully saturated rings. The van der Waals surface area contributed by atoms with E-state index in [1.807, 2.05) is 0 Å². The van der Waals surface area contributed by atoms with Crippen molar-refractivity contribution in [3.63, 3.8) is 0 Å². The average Bonchev–Trinajstić information content (AvgIpc) is 2.03. The highest BCUT2D eigenvalue weighted by Gasteiger charge is 2.29. The Hall–Kier alpha value is -0.370. The van der Waals surface area contributed by atoms with Gasteiger partial charge in [0.1, 0.15) is 5.78 Å². The lowest BCUT2D eigenvalue weighted by molar-refractivity contribution is -0.128. The SMILES string of the molecule is CC(C)[C@@H]1CC[C@@H](CO)CC1=O. The van der Waals surface area contributed by atoms with Crippen molar-refractivity contribution >= 4 is 5.78 Å². The summed E-state index contributed by atoms with van der Waals surface area (Å²) in [5, 5.41) is 8.88. The third-order valence-electron chi connectivity index (χ3n) is 2.85. The molecule has 0 amide bonds. The molecule has 70 valence electrons. The van der Waals surface area contributed by atoms with Crippen LogP contribution in [0, 0.1) is 17.8 Å². The lowest BCUT2D eigenvalue weighted by Gasteiger charge is -2.28. The molecule has 2 atom stereocenters. The number of aliphatic hydroxyl groups excluding tert-OH is 1. The molecule has 0 unspecified atom stereocenters. The molecule has 12 heavy (non-hydrogen) atoms. The zero-order chi connectivity index (χ0) is 9.14. The molecule has 2 nitrogen and oxygen atoms in total. The van der Waals surface area contributed by atoms with Crippen molar-refractivity contribution in [3.8, 4) is 0 Å². The van der Waals surface area contributed by atoms with Gasteiger partial charge in [-0.3, -0.25) is 4.79 Å². The van der Waals surface area contributed by atoms with Crippen LogP contribution in [0.1, 0.15) is 33.1 Å². The van der Waals surface area contributed by atoms with Gasteiger partial charge in [-0.2, -0.15) is 0 Å². The minimum atomic E-state index is 0.177. The maximum atomic E-state index is 11.5. The summed E-state index contributed by atoms with van der Waals surface area (Å²) < 4.78 is 0. The fraction of sp³-hybridized carbons (Fsp3) is 0.900. The summed E-state index contributed by atoms with van der Waals surface area (Å²) in [4.78, 5) is 11.5. The highest BCUT2D eigenvalue weighted by atomic mass is 16.3. The first kappa shape index (κ1) is 9.72. The van der Waals surface area contributed by atoms with Crippen LogP contribution in [0.25, 0.3) is 0 Å². The van der Waals surface area contributed by atoms with Crippen molar-refractivity contribution in [1.29, 1.82) is 0 Å². The second kappa shape index (κ2) is 4.04. The molecule has 1 rings (SSSR count). The van der Waals surface area contributed by atoms with Crippen LogP contribution in [-0.2, 0) is 4.79 Å². The highest BCUT2D eigenvalue weighted by molar-refractivity contribution is 5.82. The number of Topliss-reactive ketones (excluding diaryl/α,β-unsaturated/α-hetero) is 1. The molecule has 0 radical (unpaired) electrons. The Morgan fingerprint density at radius 2 is 2.17 bits per heavy atom. The molecule has 1 aliphatic rings. The zero-order valence-corrected chi connectivity index (χ0v) is 7.92. The number of carbonyl (C=O) groups is 1. The molecule has 0 aliphatic heterocycles. The van der Waals surface area contributed by atoms with Gasteiger partial charge in [-0.1, -0.05) is 13.8 Å². The number of carbonyl (C=O) groups excluding carboxylic acids is 1. The van der Waals surface area contributed by atoms with E-state index < -0.39 is 0 Å². The van der Waals surface area contributed by atoms with E-state index in [0.717, 1.165) is 12.8 Å². The van der Waals surface area contributed by atoms with Crippen molar-refractivity contribution in [2.24, 2.45) is 17.8 Å². The maximum absolute atomic E-state index is 11.5. The van der Waals surface area contributed by atoms with Gasteiger partial charge >= 0.3 is 0 Å². The van der Waals surface area contributed by atoms with E-state index >= 15 is 0 Å². The van der Waals surface area contributed by atoms with Crippen LogP contribution >= 0.6 is 0 Å². The van der Waals surface area contributed by atoms with Gasteiger partial charge in [0, 0.05) is 18.9 Å². The average molecular weight is 170 g/mol. The first-order valence-electron chi connectivity index (χ1n) is 4.78. The Morgan fingerprint density at radius 1 is 1.50 bits per heavy atom. The number of hydrogen-bond donors (Lipinski definition) is 1. The van der Waals surface area contributed by atoms with Gasteiger partial charge in [0.2, 0.25) is 0 Å². The van der Waals surface area contributed by atoms with E-state index in [0.29, 0.717) is 18.1 Å². The summed E-state index contributed by atoms with van der Waals surface area (Å²) in [5.74, 6) is 1.33. The number of hydrogen-bond acceptors (Lipinski definition) is 2. The predicted octanol–water partition coefficient (Wildman–Crippen LogP) is 1.62. The highest BCUT2D eigenvalue weighted by Crippen LogP contribution is 2.30. The zero-order valence-electron chi connectivity index (χ0n) is 7.92. The fourth-order valence-electron chi connectivity index (χ4n) is 1.98. The Bertz CT molecular complexity index is 163. The molecule has 0 aromatic heterocycles. The second-order valence-electron chi connectivity index (χ2n) is 4.15. The fourth-order valence-corrected chi connectivity index (χ4v) is 1.98. The molecule has 0 aromatic carbocycles. The molecule has 1 N–H and O–H groups in total. The smallest absolute Gasteiger partial charge is 0.136 e. The predicted molar refractivity (Wildman–Crippen MR) is 47.8 cm³/mol. The van der Waals surface area contributed by atoms with Gasteiger partial charge in [0.25, 0.3) is 0 Å². The topological polar surface area (TPSA) is 37.3 Å². The molecule has 2 heteroatoms. The molecule has 1 aliphatic carbocycles. The van der Waals surface area contributed by atoms with Crippen LogP contribution in [0.5, 0.6) is 0 Å². The molecule has 1 saturated carbocycles. The normalized spacial score (nSPS) is 31.2. The molecule has 0 saturated heterocycles. The number of rotatable bonds is 2. The first-order valence-corrected chi connectivity index (χ1v) is 4.78. The van der Waals surface area contributed by atoms with Crippen LogP contribution < -0.4 is 0 Å². The van der Waals surface area contributed by atoms with Crippen LogP contribution in [-0.4, -0.2) is 17.5 Å². The van der Waals surface area contributed by atoms with E-state index in [1.165, 1.54) is 0 Å². The third kappa shape index (κ3) is 2.07. The van der Waals surface area contributed by atoms with E-state index in [9.17, 15) is 4.79 Å². The van der Waals surface area contributed by atoms with Crippen molar-refractivity contribution in [1.82, 2.24) is 0 Å². The standard InChI is InChI=1S/C10H18O2/c1-7(2)9-4-3-8(6-11)5-10(9)12/h7-9,11H,3-6H2,1-2H3/t8-,9+/m1/s1. The van der Waals surface area contributed by atoms with Crippen LogP contribution in [0.3, 0.4) is 0 Å². The summed E-state index contributed by atoms with van der Waals surface area (Å²) in [5.41, 5.74) is 0. The van der Waals surface area contributed by atoms with Crippen molar-refractivity contribution < 1.29 is 9.90 Å². The summed E-state index contributed by atoms with van der Waals surface area (Å²) >= 11 is 0. The summed E-state index contributed by atoms with van der Waals surface area (Å²) in [7, 11) is 0. The lowest BCUT2D eigenvalue weighted by Crippen LogP contribution is -2.29. The number of ketones is 1. The molecule has 0 spiro atoms. The van der Waals surface area contributed by atoms with Crippen molar-refractivity contribution in [3.05, 3.63) is 0 Å². The van der Waals surface area contributed by atoms with Gasteiger partial charge in [-0.05, 0) is 24.7 Å². The lowest BCUT2D eigenvalue weighted by atomic mass is 9.76. The quantitative estimate of drug-likeness (QED) is 0.683. The van der Waals surface area contributed by atoms with Crippen LogP contribution in [0.15, 0.2) is 0 Å². The second-order valence-corrected chi connectivity index (χ2v) is 4.15. The largest absolute Gasteiger partial charge is 0.396 e. The molecule has 0 heterocycles. The molecular formula is C10H18O2. The Morgan fingerprint density at radius 3 is 2.58 bits per heavy atom. The molecular weight excluding hydrogens is 152 g/mol. The Labute approximate surface area is 74.0 Å². The summed E-state index contributed by atoms with van der Waals surface area (Å²) in [6, 6.07) is 0. The minimum absolute atomic E-state index is 0.177. The summed E-state index contributed by atoms with van der Waals surface area (Å²) in [6.45, 7) is 4.38. The van der Waals surface area contributed by atoms with Gasteiger partial charge in [-0.25, -0.2) is 0 Å². The van der Waals surface area contributed by atoms with Gasteiger partial charge in [-0.15, -0.1) is 0 Å². The molecule has 0 bridgehead atoms. The number of aliphatic hydroxyl groups is 1. The maximum Gasteiger partial charge on any atom is 0.136 e. The Balaban J connectivity index is 2.48. The monoisotopic (exact) mass is 170 g/mol. The first-order chi connectivity index (χ1) is 5.65.